The molecule has 0 saturated carbocycles. The van der Waals surface area contributed by atoms with E-state index in [1.54, 1.807) is 18.2 Å². The molecule has 74 valence electrons. The zero-order valence-electron chi connectivity index (χ0n) is 7.75. The third kappa shape index (κ3) is 1.59. The summed E-state index contributed by atoms with van der Waals surface area (Å²) in [4.78, 5) is 13.8. The van der Waals surface area contributed by atoms with Gasteiger partial charge in [-0.05, 0) is 12.1 Å². The zero-order chi connectivity index (χ0) is 10.8. The molecule has 3 nitrogen and oxygen atoms in total. The van der Waals surface area contributed by atoms with Crippen molar-refractivity contribution < 1.29 is 4.39 Å². The molecule has 15 heavy (non-hydrogen) atoms. The highest BCUT2D eigenvalue weighted by molar-refractivity contribution is 5.79. The number of nitriles is 1. The van der Waals surface area contributed by atoms with Crippen molar-refractivity contribution in [2.24, 2.45) is 0 Å². The van der Waals surface area contributed by atoms with Crippen LogP contribution in [0, 0.1) is 17.1 Å². The lowest BCUT2D eigenvalue weighted by atomic mass is 10.1. The molecule has 1 heterocycles. The molecule has 0 unspecified atom stereocenters. The molecule has 0 aliphatic carbocycles. The molecule has 0 spiro atoms. The van der Waals surface area contributed by atoms with Gasteiger partial charge in [0.2, 0.25) is 0 Å². The summed E-state index contributed by atoms with van der Waals surface area (Å²) in [6, 6.07) is 7.96. The Hall–Kier alpha value is -2.15. The number of nitrogens with one attached hydrogen (secondary N) is 1. The summed E-state index contributed by atoms with van der Waals surface area (Å²) in [5, 5.41) is 9.09. The van der Waals surface area contributed by atoms with E-state index in [2.05, 4.69) is 4.98 Å². The Morgan fingerprint density at radius 2 is 2.27 bits per heavy atom. The number of hydrogen-bond acceptors (Lipinski definition) is 2. The van der Waals surface area contributed by atoms with Crippen LogP contribution in [0.1, 0.15) is 5.56 Å². The van der Waals surface area contributed by atoms with E-state index < -0.39 is 11.4 Å². The number of H-pyrrole nitrogens is 1. The second-order valence-corrected chi connectivity index (χ2v) is 3.16. The summed E-state index contributed by atoms with van der Waals surface area (Å²) in [5.74, 6) is -0.465. The molecule has 0 radical (unpaired) electrons. The smallest absolute Gasteiger partial charge is 0.252 e. The molecular formula is C11H7FN2O. The predicted octanol–water partition coefficient (Wildman–Crippen LogP) is 1.73. The average Bonchev–Trinajstić information content (AvgIpc) is 2.21. The van der Waals surface area contributed by atoms with Crippen LogP contribution in [0.25, 0.3) is 10.9 Å². The van der Waals surface area contributed by atoms with Gasteiger partial charge in [0.05, 0.1) is 18.0 Å². The maximum absolute atomic E-state index is 13.2. The standard InChI is InChI=1S/C11H7FN2O/c12-9-3-1-2-7-6-8(4-5-13)11(15)14-10(7)9/h1-3,6H,4H2,(H,14,15). The fourth-order valence-electron chi connectivity index (χ4n) is 1.46. The maximum Gasteiger partial charge on any atom is 0.252 e. The Bertz CT molecular complexity index is 610. The van der Waals surface area contributed by atoms with Gasteiger partial charge in [-0.1, -0.05) is 12.1 Å². The van der Waals surface area contributed by atoms with Gasteiger partial charge in [0.1, 0.15) is 5.82 Å². The minimum Gasteiger partial charge on any atom is -0.319 e. The molecule has 0 aliphatic rings. The molecule has 0 amide bonds. The number of nitrogens with zero attached hydrogens (tertiary/aromatic N) is 1. The van der Waals surface area contributed by atoms with Crippen molar-refractivity contribution in [1.82, 2.24) is 4.98 Å². The fourth-order valence-corrected chi connectivity index (χ4v) is 1.46. The van der Waals surface area contributed by atoms with Gasteiger partial charge in [-0.2, -0.15) is 5.26 Å². The fraction of sp³-hybridized carbons (Fsp3) is 0.0909. The van der Waals surface area contributed by atoms with E-state index in [0.717, 1.165) is 0 Å². The molecule has 1 aromatic heterocycles. The van der Waals surface area contributed by atoms with E-state index >= 15 is 0 Å². The number of hydrogen-bond donors (Lipinski definition) is 1. The van der Waals surface area contributed by atoms with E-state index in [4.69, 9.17) is 5.26 Å². The summed E-state index contributed by atoms with van der Waals surface area (Å²) >= 11 is 0. The number of fused-ring (bicyclic) bond motifs is 1. The topological polar surface area (TPSA) is 56.6 Å². The zero-order valence-corrected chi connectivity index (χ0v) is 7.75. The lowest BCUT2D eigenvalue weighted by Gasteiger charge is -2.00. The number of benzene rings is 1. The summed E-state index contributed by atoms with van der Waals surface area (Å²) in [5.41, 5.74) is 0.133. The first-order valence-electron chi connectivity index (χ1n) is 4.40. The Morgan fingerprint density at radius 3 is 3.00 bits per heavy atom. The Labute approximate surface area is 84.8 Å². The number of halogens is 1. The molecule has 0 aliphatic heterocycles. The van der Waals surface area contributed by atoms with Gasteiger partial charge >= 0.3 is 0 Å². The van der Waals surface area contributed by atoms with Crippen molar-refractivity contribution >= 4 is 10.9 Å². The van der Waals surface area contributed by atoms with Gasteiger partial charge in [0.25, 0.3) is 5.56 Å². The number of aromatic amines is 1. The van der Waals surface area contributed by atoms with Crippen LogP contribution in [-0.4, -0.2) is 4.98 Å². The van der Waals surface area contributed by atoms with E-state index in [1.165, 1.54) is 6.07 Å². The number of pyridine rings is 1. The van der Waals surface area contributed by atoms with E-state index in [9.17, 15) is 9.18 Å². The molecular weight excluding hydrogens is 195 g/mol. The Kier molecular flexibility index (Phi) is 2.22. The molecule has 1 aromatic carbocycles. The van der Waals surface area contributed by atoms with Crippen molar-refractivity contribution in [3.8, 4) is 6.07 Å². The minimum absolute atomic E-state index is 0.0296. The first-order chi connectivity index (χ1) is 7.22. The predicted molar refractivity (Wildman–Crippen MR) is 53.8 cm³/mol. The van der Waals surface area contributed by atoms with Gasteiger partial charge < -0.3 is 4.98 Å². The SMILES string of the molecule is N#CCc1cc2cccc(F)c2[nH]c1=O. The summed E-state index contributed by atoms with van der Waals surface area (Å²) in [6.45, 7) is 0. The third-order valence-corrected chi connectivity index (χ3v) is 2.18. The molecule has 1 N–H and O–H groups in total. The first-order valence-corrected chi connectivity index (χ1v) is 4.40. The van der Waals surface area contributed by atoms with E-state index in [1.807, 2.05) is 6.07 Å². The lowest BCUT2D eigenvalue weighted by molar-refractivity contribution is 0.636. The second-order valence-electron chi connectivity index (χ2n) is 3.16. The molecule has 0 saturated heterocycles. The maximum atomic E-state index is 13.2. The molecule has 0 atom stereocenters. The molecule has 2 rings (SSSR count). The van der Waals surface area contributed by atoms with Crippen LogP contribution in [0.2, 0.25) is 0 Å². The van der Waals surface area contributed by atoms with Gasteiger partial charge in [-0.15, -0.1) is 0 Å². The highest BCUT2D eigenvalue weighted by atomic mass is 19.1. The van der Waals surface area contributed by atoms with Crippen LogP contribution in [-0.2, 0) is 6.42 Å². The Morgan fingerprint density at radius 1 is 1.47 bits per heavy atom. The average molecular weight is 202 g/mol. The van der Waals surface area contributed by atoms with Gasteiger partial charge in [0.15, 0.2) is 0 Å². The van der Waals surface area contributed by atoms with E-state index in [-0.39, 0.29) is 11.9 Å². The quantitative estimate of drug-likeness (QED) is 0.765. The van der Waals surface area contributed by atoms with Gasteiger partial charge in [-0.3, -0.25) is 4.79 Å². The van der Waals surface area contributed by atoms with Gasteiger partial charge in [-0.25, -0.2) is 4.39 Å². The van der Waals surface area contributed by atoms with E-state index in [0.29, 0.717) is 10.9 Å². The Balaban J connectivity index is 2.78. The van der Waals surface area contributed by atoms with Crippen LogP contribution >= 0.6 is 0 Å². The number of para-hydroxylation sites is 1. The molecule has 0 fully saturated rings. The highest BCUT2D eigenvalue weighted by Crippen LogP contribution is 2.14. The first kappa shape index (κ1) is 9.41. The molecule has 4 heteroatoms. The van der Waals surface area contributed by atoms with Crippen molar-refractivity contribution in [3.63, 3.8) is 0 Å². The normalized spacial score (nSPS) is 10.1. The van der Waals surface area contributed by atoms with Crippen LogP contribution in [0.3, 0.4) is 0 Å². The molecule has 0 bridgehead atoms. The van der Waals surface area contributed by atoms with Crippen molar-refractivity contribution in [3.05, 3.63) is 46.0 Å². The van der Waals surface area contributed by atoms with Crippen molar-refractivity contribution in [2.75, 3.05) is 0 Å². The van der Waals surface area contributed by atoms with Crippen molar-refractivity contribution in [1.29, 1.82) is 5.26 Å². The van der Waals surface area contributed by atoms with Crippen LogP contribution < -0.4 is 5.56 Å². The third-order valence-electron chi connectivity index (χ3n) is 2.18. The minimum atomic E-state index is -0.465. The van der Waals surface area contributed by atoms with Crippen LogP contribution in [0.15, 0.2) is 29.1 Å². The van der Waals surface area contributed by atoms with Crippen LogP contribution in [0.4, 0.5) is 4.39 Å². The molecule has 2 aromatic rings. The summed E-state index contributed by atoms with van der Waals surface area (Å²) in [6.07, 6.45) is 0.0296. The highest BCUT2D eigenvalue weighted by Gasteiger charge is 2.05. The monoisotopic (exact) mass is 202 g/mol. The summed E-state index contributed by atoms with van der Waals surface area (Å²) < 4.78 is 13.2. The lowest BCUT2D eigenvalue weighted by Crippen LogP contribution is -2.12. The van der Waals surface area contributed by atoms with Crippen LogP contribution in [0.5, 0.6) is 0 Å². The number of aromatic nitrogens is 1. The number of rotatable bonds is 1. The van der Waals surface area contributed by atoms with Gasteiger partial charge in [0, 0.05) is 10.9 Å². The summed E-state index contributed by atoms with van der Waals surface area (Å²) in [7, 11) is 0. The largest absolute Gasteiger partial charge is 0.319 e. The van der Waals surface area contributed by atoms with Crippen molar-refractivity contribution in [2.45, 2.75) is 6.42 Å². The second kappa shape index (κ2) is 3.54.